The molecule has 0 aliphatic rings. The third kappa shape index (κ3) is 1.73. The van der Waals surface area contributed by atoms with E-state index in [0.29, 0.717) is 0 Å². The van der Waals surface area contributed by atoms with Crippen molar-refractivity contribution in [1.29, 1.82) is 0 Å². The maximum absolute atomic E-state index is 12.2. The van der Waals surface area contributed by atoms with Crippen molar-refractivity contribution in [2.75, 3.05) is 0 Å². The minimum atomic E-state index is -0.997. The topological polar surface area (TPSA) is 128 Å². The van der Waals surface area contributed by atoms with Crippen molar-refractivity contribution in [3.63, 3.8) is 0 Å². The fourth-order valence-electron chi connectivity index (χ4n) is 2.58. The van der Waals surface area contributed by atoms with Crippen LogP contribution in [0.15, 0.2) is 53.0 Å². The van der Waals surface area contributed by atoms with Crippen molar-refractivity contribution in [3.8, 4) is 0 Å². The zero-order valence-corrected chi connectivity index (χ0v) is 11.7. The largest absolute Gasteiger partial charge is 0.286 e. The Balaban J connectivity index is 2.42. The number of fused-ring (bicyclic) bond motifs is 4. The number of hydrogen-bond donors (Lipinski definition) is 0. The maximum Gasteiger partial charge on any atom is 0.254 e. The predicted octanol–water partition coefficient (Wildman–Crippen LogP) is -1.59. The van der Waals surface area contributed by atoms with Crippen LogP contribution in [0.4, 0.5) is 0 Å². The molecule has 0 aliphatic carbocycles. The van der Waals surface area contributed by atoms with Gasteiger partial charge < -0.3 is 0 Å². The first-order valence-corrected chi connectivity index (χ1v) is 6.68. The van der Waals surface area contributed by atoms with Crippen molar-refractivity contribution in [2.45, 2.75) is 0 Å². The van der Waals surface area contributed by atoms with Gasteiger partial charge in [-0.3, -0.25) is 28.8 Å². The standard InChI is InChI=1S/C16H4N2O6/c19-9-1-5-6(2-10(9)20)15(23)16(24)14-13(5)17-7-3-11(21)12(22)4-8(7)18-14/h1-4H. The molecule has 24 heavy (non-hydrogen) atoms. The molecule has 8 nitrogen and oxygen atoms in total. The average molecular weight is 320 g/mol. The maximum atomic E-state index is 12.2. The van der Waals surface area contributed by atoms with E-state index < -0.39 is 32.6 Å². The van der Waals surface area contributed by atoms with E-state index in [2.05, 4.69) is 9.97 Å². The van der Waals surface area contributed by atoms with Crippen molar-refractivity contribution >= 4 is 32.8 Å². The van der Waals surface area contributed by atoms with Gasteiger partial charge in [0.15, 0.2) is 0 Å². The highest BCUT2D eigenvalue weighted by Gasteiger charge is 2.16. The van der Waals surface area contributed by atoms with Crippen LogP contribution in [0.25, 0.3) is 32.8 Å². The summed E-state index contributed by atoms with van der Waals surface area (Å²) in [6.07, 6.45) is 0. The first-order chi connectivity index (χ1) is 11.4. The minimum absolute atomic E-state index is 0.00671. The summed E-state index contributed by atoms with van der Waals surface area (Å²) in [5.41, 5.74) is -5.72. The zero-order valence-electron chi connectivity index (χ0n) is 11.7. The van der Waals surface area contributed by atoms with Crippen molar-refractivity contribution in [1.82, 2.24) is 9.97 Å². The monoisotopic (exact) mass is 320 g/mol. The van der Waals surface area contributed by atoms with Crippen molar-refractivity contribution < 1.29 is 0 Å². The molecule has 8 heteroatoms. The van der Waals surface area contributed by atoms with E-state index in [1.54, 1.807) is 0 Å². The van der Waals surface area contributed by atoms with E-state index in [-0.39, 0.29) is 32.8 Å². The molecule has 3 aromatic carbocycles. The summed E-state index contributed by atoms with van der Waals surface area (Å²) in [4.78, 5) is 78.3. The molecule has 0 bridgehead atoms. The highest BCUT2D eigenvalue weighted by molar-refractivity contribution is 6.05. The fourth-order valence-corrected chi connectivity index (χ4v) is 2.58. The van der Waals surface area contributed by atoms with Gasteiger partial charge in [-0.2, -0.15) is 0 Å². The molecule has 0 saturated carbocycles. The molecule has 0 amide bonds. The van der Waals surface area contributed by atoms with Crippen LogP contribution in [0.1, 0.15) is 0 Å². The van der Waals surface area contributed by atoms with Crippen LogP contribution in [0.3, 0.4) is 0 Å². The van der Waals surface area contributed by atoms with Gasteiger partial charge in [-0.25, -0.2) is 9.97 Å². The molecule has 0 spiro atoms. The fraction of sp³-hybridized carbons (Fsp3) is 0. The first kappa shape index (κ1) is 13.9. The Bertz CT molecular complexity index is 1520. The molecular weight excluding hydrogens is 316 g/mol. The van der Waals surface area contributed by atoms with Gasteiger partial charge in [-0.1, -0.05) is 0 Å². The minimum Gasteiger partial charge on any atom is -0.286 e. The molecule has 1 heterocycles. The Hall–Kier alpha value is -3.68. The van der Waals surface area contributed by atoms with Crippen LogP contribution in [-0.4, -0.2) is 9.97 Å². The van der Waals surface area contributed by atoms with Gasteiger partial charge in [-0.15, -0.1) is 0 Å². The van der Waals surface area contributed by atoms with Crippen LogP contribution in [0.5, 0.6) is 0 Å². The van der Waals surface area contributed by atoms with E-state index in [1.165, 1.54) is 0 Å². The van der Waals surface area contributed by atoms with Crippen LogP contribution in [0, 0.1) is 0 Å². The SMILES string of the molecule is O=c1cc2nc3c(=O)c(=O)c4cc(=O)c(=O)cc4c3nc2cc1=O. The van der Waals surface area contributed by atoms with E-state index >= 15 is 0 Å². The molecule has 0 saturated heterocycles. The van der Waals surface area contributed by atoms with Gasteiger partial charge in [0.05, 0.1) is 11.0 Å². The Morgan fingerprint density at radius 2 is 0.958 bits per heavy atom. The second-order valence-corrected chi connectivity index (χ2v) is 5.21. The molecule has 0 unspecified atom stereocenters. The third-order valence-electron chi connectivity index (χ3n) is 3.73. The smallest absolute Gasteiger partial charge is 0.254 e. The highest BCUT2D eigenvalue weighted by atomic mass is 16.2. The van der Waals surface area contributed by atoms with Crippen LogP contribution >= 0.6 is 0 Å². The lowest BCUT2D eigenvalue weighted by Gasteiger charge is -2.02. The first-order valence-electron chi connectivity index (χ1n) is 6.68. The lowest BCUT2D eigenvalue weighted by molar-refractivity contribution is 1.35. The highest BCUT2D eigenvalue weighted by Crippen LogP contribution is 2.17. The summed E-state index contributed by atoms with van der Waals surface area (Å²) in [6.45, 7) is 0. The molecule has 0 atom stereocenters. The Kier molecular flexibility index (Phi) is 2.57. The van der Waals surface area contributed by atoms with Crippen molar-refractivity contribution in [3.05, 3.63) is 85.6 Å². The second kappa shape index (κ2) is 4.42. The number of rotatable bonds is 0. The molecule has 114 valence electrons. The summed E-state index contributed by atoms with van der Waals surface area (Å²) in [7, 11) is 0. The summed E-state index contributed by atoms with van der Waals surface area (Å²) in [5.74, 6) is 0. The summed E-state index contributed by atoms with van der Waals surface area (Å²) >= 11 is 0. The summed E-state index contributed by atoms with van der Waals surface area (Å²) in [6, 6.07) is 3.61. The quantitative estimate of drug-likeness (QED) is 0.215. The average Bonchev–Trinajstić information content (AvgIpc) is 2.54. The van der Waals surface area contributed by atoms with E-state index in [1.807, 2.05) is 0 Å². The molecule has 1 aromatic heterocycles. The second-order valence-electron chi connectivity index (χ2n) is 5.21. The van der Waals surface area contributed by atoms with Crippen LogP contribution < -0.4 is 32.6 Å². The number of aromatic nitrogens is 2. The summed E-state index contributed by atoms with van der Waals surface area (Å²) < 4.78 is 0. The Morgan fingerprint density at radius 3 is 1.54 bits per heavy atom. The Morgan fingerprint density at radius 1 is 0.500 bits per heavy atom. The number of hydrogen-bond acceptors (Lipinski definition) is 8. The molecule has 4 rings (SSSR count). The van der Waals surface area contributed by atoms with Crippen LogP contribution in [0.2, 0.25) is 0 Å². The van der Waals surface area contributed by atoms with Crippen LogP contribution in [-0.2, 0) is 0 Å². The molecule has 0 radical (unpaired) electrons. The van der Waals surface area contributed by atoms with Gasteiger partial charge >= 0.3 is 0 Å². The normalized spacial score (nSPS) is 11.5. The van der Waals surface area contributed by atoms with E-state index in [4.69, 9.17) is 0 Å². The molecule has 0 aliphatic heterocycles. The van der Waals surface area contributed by atoms with Crippen molar-refractivity contribution in [2.24, 2.45) is 0 Å². The number of benzene rings is 3. The lowest BCUT2D eigenvalue weighted by atomic mass is 10.1. The van der Waals surface area contributed by atoms with E-state index in [0.717, 1.165) is 24.3 Å². The third-order valence-corrected chi connectivity index (χ3v) is 3.73. The molecule has 4 aromatic rings. The predicted molar refractivity (Wildman–Crippen MR) is 85.7 cm³/mol. The zero-order chi connectivity index (χ0) is 17.2. The van der Waals surface area contributed by atoms with Gasteiger partial charge in [0, 0.05) is 29.0 Å². The van der Waals surface area contributed by atoms with Gasteiger partial charge in [-0.05, 0) is 6.07 Å². The molecular formula is C16H4N2O6. The lowest BCUT2D eigenvalue weighted by Crippen LogP contribution is -2.29. The number of nitrogens with zero attached hydrogens (tertiary/aromatic N) is 2. The van der Waals surface area contributed by atoms with Gasteiger partial charge in [0.2, 0.25) is 27.1 Å². The van der Waals surface area contributed by atoms with E-state index in [9.17, 15) is 28.8 Å². The van der Waals surface area contributed by atoms with Gasteiger partial charge in [0.1, 0.15) is 11.0 Å². The molecule has 0 fully saturated rings. The summed E-state index contributed by atoms with van der Waals surface area (Å²) in [5, 5.41) is -0.221. The van der Waals surface area contributed by atoms with Gasteiger partial charge in [0.25, 0.3) is 5.43 Å². The molecule has 0 N–H and O–H groups in total. The Labute approximate surface area is 129 Å².